The fourth-order valence-electron chi connectivity index (χ4n) is 3.52. The average Bonchev–Trinajstić information content (AvgIpc) is 2.72. The number of nitrogens with zero attached hydrogens (tertiary/aromatic N) is 2. The van der Waals surface area contributed by atoms with Crippen molar-refractivity contribution in [2.45, 2.75) is 39.0 Å². The van der Waals surface area contributed by atoms with Crippen LogP contribution in [0.25, 0.3) is 16.8 Å². The van der Waals surface area contributed by atoms with Crippen LogP contribution in [0.15, 0.2) is 59.4 Å². The summed E-state index contributed by atoms with van der Waals surface area (Å²) in [6, 6.07) is 19.6. The third-order valence-corrected chi connectivity index (χ3v) is 5.28. The van der Waals surface area contributed by atoms with Crippen molar-refractivity contribution in [2.75, 3.05) is 0 Å². The monoisotopic (exact) mass is 390 g/mol. The maximum atomic E-state index is 13.4. The number of pyridine rings is 1. The van der Waals surface area contributed by atoms with Crippen molar-refractivity contribution in [3.63, 3.8) is 0 Å². The standard InChI is InChI=1S/C24H23ClN2O/c1-3-4-10-19-14-17(2)22(15-25)24(28)27(19)23-13-8-7-12-21(23)20-11-6-5-9-18(20)16-26/h5-9,11-14H,3-4,10,15H2,1-2H3. The van der Waals surface area contributed by atoms with Crippen LogP contribution < -0.4 is 5.56 Å². The Balaban J connectivity index is 2.34. The van der Waals surface area contributed by atoms with Gasteiger partial charge in [0, 0.05) is 22.4 Å². The normalized spacial score (nSPS) is 10.6. The molecule has 0 aliphatic heterocycles. The number of hydrogen-bond acceptors (Lipinski definition) is 2. The molecule has 0 aliphatic rings. The van der Waals surface area contributed by atoms with E-state index in [1.54, 1.807) is 10.6 Å². The summed E-state index contributed by atoms with van der Waals surface area (Å²) in [5.41, 5.74) is 5.49. The molecule has 0 radical (unpaired) electrons. The highest BCUT2D eigenvalue weighted by molar-refractivity contribution is 6.17. The van der Waals surface area contributed by atoms with Gasteiger partial charge in [0.25, 0.3) is 5.56 Å². The summed E-state index contributed by atoms with van der Waals surface area (Å²) in [6.45, 7) is 4.08. The summed E-state index contributed by atoms with van der Waals surface area (Å²) < 4.78 is 1.78. The highest BCUT2D eigenvalue weighted by Gasteiger charge is 2.17. The van der Waals surface area contributed by atoms with Crippen molar-refractivity contribution in [1.29, 1.82) is 5.26 Å². The second-order valence-electron chi connectivity index (χ2n) is 6.85. The van der Waals surface area contributed by atoms with Crippen LogP contribution >= 0.6 is 11.6 Å². The van der Waals surface area contributed by atoms with E-state index in [-0.39, 0.29) is 11.4 Å². The number of hydrogen-bond donors (Lipinski definition) is 0. The number of aryl methyl sites for hydroxylation is 2. The molecule has 142 valence electrons. The average molecular weight is 391 g/mol. The van der Waals surface area contributed by atoms with Crippen molar-refractivity contribution in [1.82, 2.24) is 4.57 Å². The number of alkyl halides is 1. The summed E-state index contributed by atoms with van der Waals surface area (Å²) in [5, 5.41) is 9.55. The largest absolute Gasteiger partial charge is 0.280 e. The molecule has 0 saturated heterocycles. The van der Waals surface area contributed by atoms with Crippen LogP contribution in [-0.4, -0.2) is 4.57 Å². The molecule has 0 fully saturated rings. The van der Waals surface area contributed by atoms with E-state index in [9.17, 15) is 10.1 Å². The molecular weight excluding hydrogens is 368 g/mol. The van der Waals surface area contributed by atoms with Gasteiger partial charge in [0.15, 0.2) is 0 Å². The van der Waals surface area contributed by atoms with E-state index in [1.165, 1.54) is 0 Å². The lowest BCUT2D eigenvalue weighted by Gasteiger charge is -2.19. The van der Waals surface area contributed by atoms with Gasteiger partial charge in [0.2, 0.25) is 0 Å². The van der Waals surface area contributed by atoms with Crippen LogP contribution in [0.2, 0.25) is 0 Å². The van der Waals surface area contributed by atoms with Crippen LogP contribution in [-0.2, 0) is 12.3 Å². The van der Waals surface area contributed by atoms with Crippen LogP contribution in [0.1, 0.15) is 42.1 Å². The fourth-order valence-corrected chi connectivity index (χ4v) is 3.84. The first-order chi connectivity index (χ1) is 13.6. The van der Waals surface area contributed by atoms with E-state index in [2.05, 4.69) is 19.1 Å². The van der Waals surface area contributed by atoms with Gasteiger partial charge in [-0.05, 0) is 43.5 Å². The number of nitriles is 1. The van der Waals surface area contributed by atoms with Crippen molar-refractivity contribution in [2.24, 2.45) is 0 Å². The Morgan fingerprint density at radius 1 is 1.07 bits per heavy atom. The molecular formula is C24H23ClN2O. The van der Waals surface area contributed by atoms with Crippen molar-refractivity contribution in [3.8, 4) is 22.9 Å². The number of unbranched alkanes of at least 4 members (excludes halogenated alkanes) is 1. The Morgan fingerprint density at radius 2 is 1.75 bits per heavy atom. The molecule has 0 saturated carbocycles. The molecule has 0 unspecified atom stereocenters. The van der Waals surface area contributed by atoms with Gasteiger partial charge in [-0.2, -0.15) is 5.26 Å². The maximum Gasteiger partial charge on any atom is 0.260 e. The van der Waals surface area contributed by atoms with Gasteiger partial charge in [-0.3, -0.25) is 9.36 Å². The van der Waals surface area contributed by atoms with E-state index >= 15 is 0 Å². The first kappa shape index (κ1) is 19.9. The number of benzene rings is 2. The van der Waals surface area contributed by atoms with Gasteiger partial charge < -0.3 is 0 Å². The Bertz CT molecular complexity index is 1090. The topological polar surface area (TPSA) is 45.8 Å². The molecule has 1 heterocycles. The van der Waals surface area contributed by atoms with E-state index in [1.807, 2.05) is 49.4 Å². The van der Waals surface area contributed by atoms with E-state index < -0.39 is 0 Å². The zero-order valence-corrected chi connectivity index (χ0v) is 17.0. The molecule has 0 N–H and O–H groups in total. The van der Waals surface area contributed by atoms with Crippen LogP contribution in [0.3, 0.4) is 0 Å². The van der Waals surface area contributed by atoms with Crippen LogP contribution in [0, 0.1) is 18.3 Å². The third kappa shape index (κ3) is 3.74. The molecule has 3 aromatic rings. The first-order valence-electron chi connectivity index (χ1n) is 9.51. The minimum absolute atomic E-state index is 0.0806. The summed E-state index contributed by atoms with van der Waals surface area (Å²) in [4.78, 5) is 13.4. The Kier molecular flexibility index (Phi) is 6.34. The summed E-state index contributed by atoms with van der Waals surface area (Å²) >= 11 is 6.10. The number of aromatic nitrogens is 1. The van der Waals surface area contributed by atoms with Gasteiger partial charge in [-0.1, -0.05) is 49.7 Å². The quantitative estimate of drug-likeness (QED) is 0.502. The smallest absolute Gasteiger partial charge is 0.260 e. The minimum Gasteiger partial charge on any atom is -0.280 e. The van der Waals surface area contributed by atoms with Gasteiger partial charge in [0.1, 0.15) is 0 Å². The zero-order chi connectivity index (χ0) is 20.1. The van der Waals surface area contributed by atoms with Gasteiger partial charge >= 0.3 is 0 Å². The second-order valence-corrected chi connectivity index (χ2v) is 7.12. The predicted octanol–water partition coefficient (Wildman–Crippen LogP) is 5.77. The molecule has 1 aromatic heterocycles. The molecule has 0 bridgehead atoms. The summed E-state index contributed by atoms with van der Waals surface area (Å²) in [5.74, 6) is 0.176. The van der Waals surface area contributed by atoms with Gasteiger partial charge in [-0.15, -0.1) is 11.6 Å². The highest BCUT2D eigenvalue weighted by Crippen LogP contribution is 2.30. The second kappa shape index (κ2) is 8.91. The number of halogens is 1. The Labute approximate surface area is 170 Å². The molecule has 0 atom stereocenters. The molecule has 3 nitrogen and oxygen atoms in total. The van der Waals surface area contributed by atoms with Gasteiger partial charge in [0.05, 0.1) is 23.2 Å². The van der Waals surface area contributed by atoms with Crippen molar-refractivity contribution in [3.05, 3.63) is 87.3 Å². The Hall–Kier alpha value is -2.83. The molecule has 3 rings (SSSR count). The fraction of sp³-hybridized carbons (Fsp3) is 0.250. The third-order valence-electron chi connectivity index (χ3n) is 5.01. The summed E-state index contributed by atoms with van der Waals surface area (Å²) in [7, 11) is 0. The zero-order valence-electron chi connectivity index (χ0n) is 16.2. The molecule has 0 amide bonds. The number of rotatable bonds is 6. The van der Waals surface area contributed by atoms with E-state index in [0.29, 0.717) is 11.1 Å². The molecule has 2 aromatic carbocycles. The van der Waals surface area contributed by atoms with E-state index in [4.69, 9.17) is 11.6 Å². The lowest BCUT2D eigenvalue weighted by Crippen LogP contribution is -2.26. The maximum absolute atomic E-state index is 13.4. The van der Waals surface area contributed by atoms with Crippen LogP contribution in [0.5, 0.6) is 0 Å². The lowest BCUT2D eigenvalue weighted by molar-refractivity contribution is 0.740. The van der Waals surface area contributed by atoms with E-state index in [0.717, 1.165) is 47.3 Å². The SMILES string of the molecule is CCCCc1cc(C)c(CCl)c(=O)n1-c1ccccc1-c1ccccc1C#N. The van der Waals surface area contributed by atoms with Gasteiger partial charge in [-0.25, -0.2) is 0 Å². The molecule has 0 aliphatic carbocycles. The molecule has 0 spiro atoms. The van der Waals surface area contributed by atoms with Crippen molar-refractivity contribution < 1.29 is 0 Å². The predicted molar refractivity (Wildman–Crippen MR) is 115 cm³/mol. The molecule has 4 heteroatoms. The van der Waals surface area contributed by atoms with Crippen molar-refractivity contribution >= 4 is 11.6 Å². The lowest BCUT2D eigenvalue weighted by atomic mass is 9.98. The molecule has 28 heavy (non-hydrogen) atoms. The van der Waals surface area contributed by atoms with Crippen LogP contribution in [0.4, 0.5) is 0 Å². The first-order valence-corrected chi connectivity index (χ1v) is 10.0. The highest BCUT2D eigenvalue weighted by atomic mass is 35.5. The minimum atomic E-state index is -0.0806. The Morgan fingerprint density at radius 3 is 2.43 bits per heavy atom. The number of para-hydroxylation sites is 1. The summed E-state index contributed by atoms with van der Waals surface area (Å²) in [6.07, 6.45) is 2.85.